The molecule has 0 heterocycles. The molecule has 1 unspecified atom stereocenters. The van der Waals surface area contributed by atoms with E-state index >= 15 is 0 Å². The SMILES string of the molecule is CCC(C)C(=O)OC(C)(C)c1ccc2cc3cc4ccccc4cc3cc2c1. The summed E-state index contributed by atoms with van der Waals surface area (Å²) in [5.41, 5.74) is 0.351. The highest BCUT2D eigenvalue weighted by Gasteiger charge is 2.27. The molecule has 0 bridgehead atoms. The van der Waals surface area contributed by atoms with E-state index in [1.54, 1.807) is 0 Å². The van der Waals surface area contributed by atoms with E-state index in [4.69, 9.17) is 4.74 Å². The molecule has 0 aromatic heterocycles. The first-order valence-corrected chi connectivity index (χ1v) is 9.97. The van der Waals surface area contributed by atoms with Gasteiger partial charge in [0.05, 0.1) is 5.92 Å². The molecule has 28 heavy (non-hydrogen) atoms. The number of ether oxygens (including phenoxy) is 1. The molecule has 0 N–H and O–H groups in total. The van der Waals surface area contributed by atoms with Crippen LogP contribution in [-0.2, 0) is 15.1 Å². The molecule has 2 nitrogen and oxygen atoms in total. The van der Waals surface area contributed by atoms with Gasteiger partial charge in [-0.2, -0.15) is 0 Å². The number of hydrogen-bond donors (Lipinski definition) is 0. The van der Waals surface area contributed by atoms with Gasteiger partial charge in [0.2, 0.25) is 0 Å². The maximum Gasteiger partial charge on any atom is 0.309 e. The van der Waals surface area contributed by atoms with Crippen LogP contribution in [0.25, 0.3) is 32.3 Å². The van der Waals surface area contributed by atoms with Crippen molar-refractivity contribution in [1.82, 2.24) is 0 Å². The second-order valence-corrected chi connectivity index (χ2v) is 8.20. The van der Waals surface area contributed by atoms with Crippen LogP contribution >= 0.6 is 0 Å². The molecule has 142 valence electrons. The molecule has 0 aliphatic rings. The Balaban J connectivity index is 1.78. The van der Waals surface area contributed by atoms with Gasteiger partial charge in [-0.15, -0.1) is 0 Å². The molecular weight excluding hydrogens is 344 g/mol. The van der Waals surface area contributed by atoms with E-state index in [2.05, 4.69) is 66.7 Å². The monoisotopic (exact) mass is 370 g/mol. The predicted molar refractivity (Wildman–Crippen MR) is 118 cm³/mol. The van der Waals surface area contributed by atoms with Crippen molar-refractivity contribution in [2.45, 2.75) is 39.7 Å². The van der Waals surface area contributed by atoms with Crippen LogP contribution in [-0.4, -0.2) is 5.97 Å². The summed E-state index contributed by atoms with van der Waals surface area (Å²) in [5, 5.41) is 7.31. The van der Waals surface area contributed by atoms with Crippen LogP contribution in [0.1, 0.15) is 39.7 Å². The summed E-state index contributed by atoms with van der Waals surface area (Å²) in [6.07, 6.45) is 0.784. The number of carbonyl (C=O) groups excluding carboxylic acids is 1. The standard InChI is InChI=1S/C26H26O2/c1-5-17(2)25(27)28-26(3,4)24-11-10-20-14-21-12-18-8-6-7-9-19(18)13-22(21)15-23(20)16-24/h6-17H,5H2,1-4H3. The van der Waals surface area contributed by atoms with Crippen LogP contribution in [0.2, 0.25) is 0 Å². The fraction of sp³-hybridized carbons (Fsp3) is 0.269. The minimum absolute atomic E-state index is 0.0862. The first-order chi connectivity index (χ1) is 13.4. The van der Waals surface area contributed by atoms with Crippen LogP contribution < -0.4 is 0 Å². The molecule has 2 heteroatoms. The lowest BCUT2D eigenvalue weighted by atomic mass is 9.93. The maximum atomic E-state index is 12.3. The third kappa shape index (κ3) is 3.35. The summed E-state index contributed by atoms with van der Waals surface area (Å²) in [7, 11) is 0. The molecule has 0 saturated heterocycles. The van der Waals surface area contributed by atoms with E-state index in [1.807, 2.05) is 27.7 Å². The molecule has 1 atom stereocenters. The van der Waals surface area contributed by atoms with E-state index < -0.39 is 5.60 Å². The zero-order valence-corrected chi connectivity index (χ0v) is 17.0. The van der Waals surface area contributed by atoms with Gasteiger partial charge in [-0.05, 0) is 88.5 Å². The summed E-state index contributed by atoms with van der Waals surface area (Å²) in [6, 6.07) is 23.7. The third-order valence-electron chi connectivity index (χ3n) is 5.73. The van der Waals surface area contributed by atoms with E-state index in [9.17, 15) is 4.79 Å². The Bertz CT molecular complexity index is 1190. The smallest absolute Gasteiger partial charge is 0.309 e. The summed E-state index contributed by atoms with van der Waals surface area (Å²) in [5.74, 6) is -0.227. The lowest BCUT2D eigenvalue weighted by Gasteiger charge is -2.27. The quantitative estimate of drug-likeness (QED) is 0.286. The summed E-state index contributed by atoms with van der Waals surface area (Å²) >= 11 is 0. The second-order valence-electron chi connectivity index (χ2n) is 8.20. The molecule has 4 aromatic carbocycles. The van der Waals surface area contributed by atoms with Crippen molar-refractivity contribution in [2.24, 2.45) is 5.92 Å². The zero-order valence-electron chi connectivity index (χ0n) is 17.0. The number of esters is 1. The average Bonchev–Trinajstić information content (AvgIpc) is 2.69. The van der Waals surface area contributed by atoms with E-state index in [1.165, 1.54) is 26.9 Å². The Labute approximate surface area is 166 Å². The second kappa shape index (κ2) is 6.94. The third-order valence-corrected chi connectivity index (χ3v) is 5.73. The number of carbonyl (C=O) groups is 1. The lowest BCUT2D eigenvalue weighted by molar-refractivity contribution is -0.162. The van der Waals surface area contributed by atoms with Crippen molar-refractivity contribution < 1.29 is 9.53 Å². The van der Waals surface area contributed by atoms with Gasteiger partial charge in [0.1, 0.15) is 5.60 Å². The Hall–Kier alpha value is -2.87. The fourth-order valence-corrected chi connectivity index (χ4v) is 3.64. The molecule has 0 aliphatic heterocycles. The van der Waals surface area contributed by atoms with Gasteiger partial charge in [0.15, 0.2) is 0 Å². The minimum Gasteiger partial charge on any atom is -0.455 e. The number of rotatable bonds is 4. The van der Waals surface area contributed by atoms with Crippen LogP contribution in [0.4, 0.5) is 0 Å². The lowest BCUT2D eigenvalue weighted by Crippen LogP contribution is -2.28. The highest BCUT2D eigenvalue weighted by atomic mass is 16.6. The van der Waals surface area contributed by atoms with Crippen molar-refractivity contribution in [3.8, 4) is 0 Å². The first-order valence-electron chi connectivity index (χ1n) is 9.97. The number of benzene rings is 4. The average molecular weight is 370 g/mol. The summed E-state index contributed by atoms with van der Waals surface area (Å²) in [6.45, 7) is 7.84. The minimum atomic E-state index is -0.660. The Morgan fingerprint density at radius 3 is 1.89 bits per heavy atom. The maximum absolute atomic E-state index is 12.3. The van der Waals surface area contributed by atoms with Crippen molar-refractivity contribution in [2.75, 3.05) is 0 Å². The Morgan fingerprint density at radius 2 is 1.32 bits per heavy atom. The van der Waals surface area contributed by atoms with Crippen molar-refractivity contribution in [3.05, 3.63) is 72.3 Å². The van der Waals surface area contributed by atoms with Gasteiger partial charge < -0.3 is 4.74 Å². The molecule has 0 spiro atoms. The molecular formula is C26H26O2. The van der Waals surface area contributed by atoms with E-state index in [0.717, 1.165) is 17.4 Å². The van der Waals surface area contributed by atoms with E-state index in [-0.39, 0.29) is 11.9 Å². The van der Waals surface area contributed by atoms with E-state index in [0.29, 0.717) is 0 Å². The van der Waals surface area contributed by atoms with Crippen molar-refractivity contribution >= 4 is 38.3 Å². The topological polar surface area (TPSA) is 26.3 Å². The number of hydrogen-bond acceptors (Lipinski definition) is 2. The molecule has 0 radical (unpaired) electrons. The fourth-order valence-electron chi connectivity index (χ4n) is 3.64. The zero-order chi connectivity index (χ0) is 19.9. The molecule has 0 aliphatic carbocycles. The molecule has 4 aromatic rings. The normalized spacial score (nSPS) is 13.1. The summed E-state index contributed by atoms with van der Waals surface area (Å²) < 4.78 is 5.83. The van der Waals surface area contributed by atoms with Gasteiger partial charge >= 0.3 is 5.97 Å². The van der Waals surface area contributed by atoms with Gasteiger partial charge in [-0.25, -0.2) is 0 Å². The number of fused-ring (bicyclic) bond motifs is 3. The van der Waals surface area contributed by atoms with Gasteiger partial charge in [0, 0.05) is 0 Å². The Morgan fingerprint density at radius 1 is 0.821 bits per heavy atom. The Kier molecular flexibility index (Phi) is 4.58. The molecule has 0 saturated carbocycles. The summed E-state index contributed by atoms with van der Waals surface area (Å²) in [4.78, 5) is 12.3. The largest absolute Gasteiger partial charge is 0.455 e. The van der Waals surface area contributed by atoms with Gasteiger partial charge in [-0.3, -0.25) is 4.79 Å². The molecule has 0 amide bonds. The van der Waals surface area contributed by atoms with Crippen LogP contribution in [0, 0.1) is 5.92 Å². The van der Waals surface area contributed by atoms with Gasteiger partial charge in [0.25, 0.3) is 0 Å². The highest BCUT2D eigenvalue weighted by Crippen LogP contribution is 2.32. The van der Waals surface area contributed by atoms with Crippen molar-refractivity contribution in [1.29, 1.82) is 0 Å². The molecule has 0 fully saturated rings. The molecule has 4 rings (SSSR count). The predicted octanol–water partition coefficient (Wildman–Crippen LogP) is 6.97. The van der Waals surface area contributed by atoms with Crippen LogP contribution in [0.3, 0.4) is 0 Å². The van der Waals surface area contributed by atoms with Gasteiger partial charge in [-0.1, -0.05) is 50.2 Å². The van der Waals surface area contributed by atoms with Crippen molar-refractivity contribution in [3.63, 3.8) is 0 Å². The van der Waals surface area contributed by atoms with Crippen LogP contribution in [0.5, 0.6) is 0 Å². The van der Waals surface area contributed by atoms with Crippen LogP contribution in [0.15, 0.2) is 66.7 Å². The first kappa shape index (κ1) is 18.5. The highest BCUT2D eigenvalue weighted by molar-refractivity contribution is 6.04.